The first-order valence-electron chi connectivity index (χ1n) is 7.04. The Morgan fingerprint density at radius 2 is 1.91 bits per heavy atom. The molecule has 1 aliphatic heterocycles. The van der Waals surface area contributed by atoms with Crippen molar-refractivity contribution in [1.82, 2.24) is 4.57 Å². The van der Waals surface area contributed by atoms with Gasteiger partial charge in [0.05, 0.1) is 12.1 Å². The highest BCUT2D eigenvalue weighted by Gasteiger charge is 2.45. The topological polar surface area (TPSA) is 104 Å². The standard InChI is InChI=1S/C15H19NO6/c1-16-6-10(8-4-2-3-5-9(8)16)21-14-13(19)12(18)11(7-17)22-15(14)20/h2-6,11-15,17-20H,7H2,1H3/t11-,12+,13+,14-,15?/m1/s1. The molecule has 1 fully saturated rings. The summed E-state index contributed by atoms with van der Waals surface area (Å²) in [6.45, 7) is -0.504. The Balaban J connectivity index is 1.88. The number of hydrogen-bond acceptors (Lipinski definition) is 6. The van der Waals surface area contributed by atoms with Crippen molar-refractivity contribution in [3.05, 3.63) is 30.5 Å². The molecule has 7 nitrogen and oxygen atoms in total. The maximum absolute atomic E-state index is 10.1. The van der Waals surface area contributed by atoms with Crippen LogP contribution in [0.4, 0.5) is 0 Å². The molecule has 2 heterocycles. The summed E-state index contributed by atoms with van der Waals surface area (Å²) in [5.41, 5.74) is 0.937. The third kappa shape index (κ3) is 2.47. The molecule has 1 aliphatic rings. The fourth-order valence-corrected chi connectivity index (χ4v) is 2.74. The quantitative estimate of drug-likeness (QED) is 0.601. The number of aromatic nitrogens is 1. The van der Waals surface area contributed by atoms with Crippen molar-refractivity contribution in [2.45, 2.75) is 30.7 Å². The summed E-state index contributed by atoms with van der Waals surface area (Å²) in [5, 5.41) is 39.9. The average molecular weight is 309 g/mol. The first-order chi connectivity index (χ1) is 10.5. The summed E-state index contributed by atoms with van der Waals surface area (Å²) in [7, 11) is 1.86. The van der Waals surface area contributed by atoms with E-state index < -0.39 is 37.3 Å². The van der Waals surface area contributed by atoms with E-state index in [2.05, 4.69) is 0 Å². The molecule has 0 bridgehead atoms. The second kappa shape index (κ2) is 5.86. The lowest BCUT2D eigenvalue weighted by Gasteiger charge is -2.39. The maximum atomic E-state index is 10.1. The summed E-state index contributed by atoms with van der Waals surface area (Å²) in [5.74, 6) is 0.472. The first-order valence-corrected chi connectivity index (χ1v) is 7.04. The van der Waals surface area contributed by atoms with Gasteiger partial charge in [0.15, 0.2) is 12.4 Å². The van der Waals surface area contributed by atoms with Crippen LogP contribution in [0.1, 0.15) is 0 Å². The van der Waals surface area contributed by atoms with Crippen molar-refractivity contribution >= 4 is 10.9 Å². The van der Waals surface area contributed by atoms with E-state index in [0.29, 0.717) is 5.75 Å². The molecular weight excluding hydrogens is 290 g/mol. The van der Waals surface area contributed by atoms with Gasteiger partial charge in [-0.3, -0.25) is 0 Å². The van der Waals surface area contributed by atoms with Gasteiger partial charge in [0.1, 0.15) is 24.1 Å². The minimum Gasteiger partial charge on any atom is -0.480 e. The van der Waals surface area contributed by atoms with Crippen LogP contribution in [0.5, 0.6) is 5.75 Å². The van der Waals surface area contributed by atoms with Gasteiger partial charge < -0.3 is 34.5 Å². The highest BCUT2D eigenvalue weighted by atomic mass is 16.7. The minimum atomic E-state index is -1.45. The molecule has 0 radical (unpaired) electrons. The molecule has 1 aromatic carbocycles. The molecule has 4 N–H and O–H groups in total. The summed E-state index contributed by atoms with van der Waals surface area (Å²) in [4.78, 5) is 0. The van der Waals surface area contributed by atoms with E-state index in [4.69, 9.17) is 14.6 Å². The molecule has 3 rings (SSSR count). The Morgan fingerprint density at radius 1 is 1.18 bits per heavy atom. The summed E-state index contributed by atoms with van der Waals surface area (Å²) in [6.07, 6.45) is -4.63. The molecule has 7 heteroatoms. The van der Waals surface area contributed by atoms with Crippen molar-refractivity contribution in [2.75, 3.05) is 6.61 Å². The normalized spacial score (nSPS) is 32.3. The molecule has 0 spiro atoms. The number of aryl methyl sites for hydroxylation is 1. The van der Waals surface area contributed by atoms with Crippen LogP contribution >= 0.6 is 0 Å². The van der Waals surface area contributed by atoms with Gasteiger partial charge in [-0.15, -0.1) is 0 Å². The Bertz CT molecular complexity index is 657. The number of para-hydroxylation sites is 1. The number of ether oxygens (including phenoxy) is 2. The predicted molar refractivity (Wildman–Crippen MR) is 77.3 cm³/mol. The zero-order valence-electron chi connectivity index (χ0n) is 12.0. The number of rotatable bonds is 3. The number of fused-ring (bicyclic) bond motifs is 1. The molecule has 1 aromatic heterocycles. The van der Waals surface area contributed by atoms with E-state index in [1.54, 1.807) is 6.20 Å². The van der Waals surface area contributed by atoms with E-state index in [0.717, 1.165) is 10.9 Å². The monoisotopic (exact) mass is 309 g/mol. The van der Waals surface area contributed by atoms with Crippen LogP contribution in [0.15, 0.2) is 30.5 Å². The molecule has 0 amide bonds. The fourth-order valence-electron chi connectivity index (χ4n) is 2.74. The summed E-state index contributed by atoms with van der Waals surface area (Å²) < 4.78 is 12.6. The van der Waals surface area contributed by atoms with E-state index in [1.807, 2.05) is 35.9 Å². The van der Waals surface area contributed by atoms with Crippen molar-refractivity contribution in [3.63, 3.8) is 0 Å². The lowest BCUT2D eigenvalue weighted by Crippen LogP contribution is -2.60. The molecular formula is C15H19NO6. The predicted octanol–water partition coefficient (Wildman–Crippen LogP) is -0.643. The van der Waals surface area contributed by atoms with Crippen LogP contribution in [-0.2, 0) is 11.8 Å². The fraction of sp³-hybridized carbons (Fsp3) is 0.467. The molecule has 2 aromatic rings. The van der Waals surface area contributed by atoms with Gasteiger partial charge in [0.25, 0.3) is 0 Å². The van der Waals surface area contributed by atoms with Gasteiger partial charge in [0, 0.05) is 18.6 Å². The minimum absolute atomic E-state index is 0.472. The molecule has 22 heavy (non-hydrogen) atoms. The molecule has 120 valence electrons. The van der Waals surface area contributed by atoms with Gasteiger partial charge >= 0.3 is 0 Å². The van der Waals surface area contributed by atoms with Crippen molar-refractivity contribution in [2.24, 2.45) is 7.05 Å². The molecule has 1 unspecified atom stereocenters. The van der Waals surface area contributed by atoms with Gasteiger partial charge in [-0.1, -0.05) is 12.1 Å². The van der Waals surface area contributed by atoms with Crippen LogP contribution in [0.2, 0.25) is 0 Å². The number of aliphatic hydroxyl groups excluding tert-OH is 4. The smallest absolute Gasteiger partial charge is 0.195 e. The second-order valence-corrected chi connectivity index (χ2v) is 5.43. The summed E-state index contributed by atoms with van der Waals surface area (Å²) in [6, 6.07) is 7.54. The zero-order valence-corrected chi connectivity index (χ0v) is 12.0. The number of benzene rings is 1. The second-order valence-electron chi connectivity index (χ2n) is 5.43. The number of nitrogens with zero attached hydrogens (tertiary/aromatic N) is 1. The first kappa shape index (κ1) is 15.3. The zero-order chi connectivity index (χ0) is 15.9. The summed E-state index contributed by atoms with van der Waals surface area (Å²) >= 11 is 0. The van der Waals surface area contributed by atoms with Gasteiger partial charge in [0.2, 0.25) is 0 Å². The van der Waals surface area contributed by atoms with Crippen molar-refractivity contribution < 1.29 is 29.9 Å². The van der Waals surface area contributed by atoms with Crippen LogP contribution in [-0.4, -0.2) is 62.3 Å². The van der Waals surface area contributed by atoms with E-state index in [-0.39, 0.29) is 0 Å². The van der Waals surface area contributed by atoms with Gasteiger partial charge in [-0.05, 0) is 12.1 Å². The Morgan fingerprint density at radius 3 is 2.64 bits per heavy atom. The lowest BCUT2D eigenvalue weighted by atomic mass is 9.99. The van der Waals surface area contributed by atoms with Crippen LogP contribution < -0.4 is 4.74 Å². The van der Waals surface area contributed by atoms with Crippen molar-refractivity contribution in [1.29, 1.82) is 0 Å². The van der Waals surface area contributed by atoms with E-state index in [9.17, 15) is 15.3 Å². The Labute approximate surface area is 126 Å². The third-order valence-corrected chi connectivity index (χ3v) is 3.97. The molecule has 0 aliphatic carbocycles. The average Bonchev–Trinajstić information content (AvgIpc) is 2.84. The largest absolute Gasteiger partial charge is 0.480 e. The van der Waals surface area contributed by atoms with Crippen LogP contribution in [0.25, 0.3) is 10.9 Å². The van der Waals surface area contributed by atoms with Crippen molar-refractivity contribution in [3.8, 4) is 5.75 Å². The Hall–Kier alpha value is -1.64. The molecule has 0 saturated carbocycles. The highest BCUT2D eigenvalue weighted by molar-refractivity contribution is 5.86. The van der Waals surface area contributed by atoms with E-state index >= 15 is 0 Å². The van der Waals surface area contributed by atoms with Gasteiger partial charge in [-0.25, -0.2) is 0 Å². The number of aliphatic hydroxyl groups is 4. The molecule has 1 saturated heterocycles. The van der Waals surface area contributed by atoms with Gasteiger partial charge in [-0.2, -0.15) is 0 Å². The maximum Gasteiger partial charge on any atom is 0.195 e. The third-order valence-electron chi connectivity index (χ3n) is 3.97. The van der Waals surface area contributed by atoms with Crippen LogP contribution in [0.3, 0.4) is 0 Å². The highest BCUT2D eigenvalue weighted by Crippen LogP contribution is 2.31. The molecule has 5 atom stereocenters. The Kier molecular flexibility index (Phi) is 4.07. The van der Waals surface area contributed by atoms with Crippen LogP contribution in [0, 0.1) is 0 Å². The lowest BCUT2D eigenvalue weighted by molar-refractivity contribution is -0.280. The number of hydrogen-bond donors (Lipinski definition) is 4. The SMILES string of the molecule is Cn1cc(O[C@H]2C(O)O[C@H](CO)[C@H](O)[C@@H]2O)c2ccccc21. The van der Waals surface area contributed by atoms with E-state index in [1.165, 1.54) is 0 Å².